The van der Waals surface area contributed by atoms with Gasteiger partial charge in [-0.2, -0.15) is 5.10 Å². The third-order valence-electron chi connectivity index (χ3n) is 4.81. The van der Waals surface area contributed by atoms with Gasteiger partial charge < -0.3 is 4.42 Å². The minimum atomic E-state index is -3.40. The Morgan fingerprint density at radius 3 is 2.57 bits per heavy atom. The first-order chi connectivity index (χ1) is 14.3. The number of amides is 1. The Bertz CT molecular complexity index is 1200. The van der Waals surface area contributed by atoms with Crippen LogP contribution >= 0.6 is 0 Å². The number of aryl methyl sites for hydroxylation is 1. The smallest absolute Gasteiger partial charge is 0.310 e. The zero-order valence-electron chi connectivity index (χ0n) is 16.6. The summed E-state index contributed by atoms with van der Waals surface area (Å²) in [6.45, 7) is 2.01. The van der Waals surface area contributed by atoms with Gasteiger partial charge in [-0.05, 0) is 42.3 Å². The van der Waals surface area contributed by atoms with Crippen molar-refractivity contribution < 1.29 is 17.6 Å². The SMILES string of the molecule is Cc1ccc([C@@H]2CC(c3cccc(NS(C)(=O)=O)c3)=NN2C(=O)c2ccco2)cc1. The summed E-state index contributed by atoms with van der Waals surface area (Å²) < 4.78 is 30.9. The molecule has 3 aromatic rings. The number of benzene rings is 2. The summed E-state index contributed by atoms with van der Waals surface area (Å²) in [7, 11) is -3.40. The lowest BCUT2D eigenvalue weighted by atomic mass is 9.97. The van der Waals surface area contributed by atoms with E-state index < -0.39 is 10.0 Å². The van der Waals surface area contributed by atoms with Crippen LogP contribution in [0.1, 0.15) is 39.7 Å². The van der Waals surface area contributed by atoms with E-state index in [-0.39, 0.29) is 17.7 Å². The molecule has 1 aliphatic heterocycles. The molecule has 0 fully saturated rings. The molecule has 0 bridgehead atoms. The second kappa shape index (κ2) is 7.79. The van der Waals surface area contributed by atoms with Gasteiger partial charge in [0.25, 0.3) is 0 Å². The Kier molecular flexibility index (Phi) is 5.17. The number of hydrogen-bond donors (Lipinski definition) is 1. The predicted molar refractivity (Wildman–Crippen MR) is 115 cm³/mol. The molecule has 1 amide bonds. The summed E-state index contributed by atoms with van der Waals surface area (Å²) in [5, 5.41) is 6.04. The summed E-state index contributed by atoms with van der Waals surface area (Å²) in [5.41, 5.74) is 3.97. The topological polar surface area (TPSA) is 92.0 Å². The van der Waals surface area contributed by atoms with Crippen LogP contribution in [-0.2, 0) is 10.0 Å². The highest BCUT2D eigenvalue weighted by Gasteiger charge is 2.34. The lowest BCUT2D eigenvalue weighted by molar-refractivity contribution is 0.0678. The van der Waals surface area contributed by atoms with Gasteiger partial charge in [0.2, 0.25) is 10.0 Å². The van der Waals surface area contributed by atoms with Gasteiger partial charge in [0, 0.05) is 12.1 Å². The number of furan rings is 1. The third kappa shape index (κ3) is 4.28. The standard InChI is InChI=1S/C22H21N3O4S/c1-15-8-10-16(11-9-15)20-14-19(23-25(20)22(26)21-7-4-12-29-21)17-5-3-6-18(13-17)24-30(2,27)28/h3-13,20,24H,14H2,1-2H3/t20-/m0/s1. The van der Waals surface area contributed by atoms with Crippen LogP contribution < -0.4 is 4.72 Å². The summed E-state index contributed by atoms with van der Waals surface area (Å²) in [5.74, 6) is -0.115. The zero-order valence-corrected chi connectivity index (χ0v) is 17.4. The number of anilines is 1. The summed E-state index contributed by atoms with van der Waals surface area (Å²) in [6.07, 6.45) is 3.05. The fraction of sp³-hybridized carbons (Fsp3) is 0.182. The van der Waals surface area contributed by atoms with Gasteiger partial charge >= 0.3 is 5.91 Å². The highest BCUT2D eigenvalue weighted by Crippen LogP contribution is 2.34. The first-order valence-electron chi connectivity index (χ1n) is 9.39. The van der Waals surface area contributed by atoms with E-state index in [4.69, 9.17) is 4.42 Å². The van der Waals surface area contributed by atoms with Crippen LogP contribution in [0.4, 0.5) is 5.69 Å². The number of nitrogens with zero attached hydrogens (tertiary/aromatic N) is 2. The van der Waals surface area contributed by atoms with Crippen molar-refractivity contribution in [2.75, 3.05) is 11.0 Å². The highest BCUT2D eigenvalue weighted by atomic mass is 32.2. The number of hydrazone groups is 1. The van der Waals surface area contributed by atoms with E-state index >= 15 is 0 Å². The molecule has 0 saturated heterocycles. The first kappa shape index (κ1) is 19.9. The van der Waals surface area contributed by atoms with Crippen LogP contribution in [0.2, 0.25) is 0 Å². The molecule has 1 atom stereocenters. The van der Waals surface area contributed by atoms with E-state index in [9.17, 15) is 13.2 Å². The number of nitrogens with one attached hydrogen (secondary N) is 1. The van der Waals surface area contributed by atoms with Gasteiger partial charge in [0.1, 0.15) is 0 Å². The first-order valence-corrected chi connectivity index (χ1v) is 11.3. The van der Waals surface area contributed by atoms with Crippen LogP contribution in [-0.4, -0.2) is 31.3 Å². The lowest BCUT2D eigenvalue weighted by Gasteiger charge is -2.21. The van der Waals surface area contributed by atoms with Gasteiger partial charge in [0.05, 0.1) is 24.3 Å². The number of hydrogen-bond acceptors (Lipinski definition) is 5. The molecule has 0 aliphatic carbocycles. The van der Waals surface area contributed by atoms with Gasteiger partial charge in [-0.25, -0.2) is 13.4 Å². The molecule has 4 rings (SSSR count). The molecule has 1 aromatic heterocycles. The van der Waals surface area contributed by atoms with E-state index in [1.165, 1.54) is 11.3 Å². The fourth-order valence-corrected chi connectivity index (χ4v) is 3.96. The van der Waals surface area contributed by atoms with E-state index in [0.29, 0.717) is 17.8 Å². The number of rotatable bonds is 5. The molecule has 1 N–H and O–H groups in total. The lowest BCUT2D eigenvalue weighted by Crippen LogP contribution is -2.26. The van der Waals surface area contributed by atoms with Gasteiger partial charge in [0.15, 0.2) is 5.76 Å². The number of carbonyl (C=O) groups is 1. The molecule has 2 aromatic carbocycles. The van der Waals surface area contributed by atoms with Gasteiger partial charge in [-0.3, -0.25) is 9.52 Å². The Labute approximate surface area is 175 Å². The Morgan fingerprint density at radius 1 is 1.13 bits per heavy atom. The maximum atomic E-state index is 13.0. The van der Waals surface area contributed by atoms with Crippen molar-refractivity contribution in [1.82, 2.24) is 5.01 Å². The second-order valence-corrected chi connectivity index (χ2v) is 9.01. The molecule has 2 heterocycles. The third-order valence-corrected chi connectivity index (χ3v) is 5.42. The Balaban J connectivity index is 1.70. The molecule has 154 valence electrons. The fourth-order valence-electron chi connectivity index (χ4n) is 3.41. The van der Waals surface area contributed by atoms with Crippen molar-refractivity contribution in [2.45, 2.75) is 19.4 Å². The van der Waals surface area contributed by atoms with Gasteiger partial charge in [-0.1, -0.05) is 42.0 Å². The van der Waals surface area contributed by atoms with Crippen LogP contribution in [0.15, 0.2) is 76.4 Å². The van der Waals surface area contributed by atoms with Crippen LogP contribution in [0.5, 0.6) is 0 Å². The highest BCUT2D eigenvalue weighted by molar-refractivity contribution is 7.92. The predicted octanol–water partition coefficient (Wildman–Crippen LogP) is 3.95. The molecule has 30 heavy (non-hydrogen) atoms. The van der Waals surface area contributed by atoms with E-state index in [1.807, 2.05) is 37.3 Å². The molecule has 1 aliphatic rings. The van der Waals surface area contributed by atoms with Crippen LogP contribution in [0.3, 0.4) is 0 Å². The molecule has 0 unspecified atom stereocenters. The average Bonchev–Trinajstić information content (AvgIpc) is 3.37. The average molecular weight is 423 g/mol. The number of sulfonamides is 1. The number of carbonyl (C=O) groups excluding carboxylic acids is 1. The summed E-state index contributed by atoms with van der Waals surface area (Å²) >= 11 is 0. The molecule has 8 heteroatoms. The molecular weight excluding hydrogens is 402 g/mol. The van der Waals surface area contributed by atoms with E-state index in [0.717, 1.165) is 22.9 Å². The largest absolute Gasteiger partial charge is 0.459 e. The van der Waals surface area contributed by atoms with Crippen molar-refractivity contribution in [3.63, 3.8) is 0 Å². The van der Waals surface area contributed by atoms with E-state index in [2.05, 4.69) is 9.82 Å². The van der Waals surface area contributed by atoms with Crippen LogP contribution in [0.25, 0.3) is 0 Å². The molecule has 0 spiro atoms. The molecule has 0 radical (unpaired) electrons. The minimum Gasteiger partial charge on any atom is -0.459 e. The van der Waals surface area contributed by atoms with Crippen molar-refractivity contribution >= 4 is 27.3 Å². The quantitative estimate of drug-likeness (QED) is 0.673. The maximum Gasteiger partial charge on any atom is 0.310 e. The Hall–Kier alpha value is -3.39. The zero-order chi connectivity index (χ0) is 21.3. The minimum absolute atomic E-state index is 0.213. The normalized spacial score (nSPS) is 16.4. The Morgan fingerprint density at radius 2 is 1.90 bits per heavy atom. The summed E-state index contributed by atoms with van der Waals surface area (Å²) in [4.78, 5) is 13.0. The summed E-state index contributed by atoms with van der Waals surface area (Å²) in [6, 6.07) is 17.9. The molecule has 0 saturated carbocycles. The molecular formula is C22H21N3O4S. The second-order valence-electron chi connectivity index (χ2n) is 7.26. The van der Waals surface area contributed by atoms with Crippen molar-refractivity contribution in [2.24, 2.45) is 5.10 Å². The van der Waals surface area contributed by atoms with E-state index in [1.54, 1.807) is 30.3 Å². The maximum absolute atomic E-state index is 13.0. The van der Waals surface area contributed by atoms with Gasteiger partial charge in [-0.15, -0.1) is 0 Å². The van der Waals surface area contributed by atoms with Crippen molar-refractivity contribution in [3.05, 3.63) is 89.4 Å². The monoisotopic (exact) mass is 423 g/mol. The van der Waals surface area contributed by atoms with Crippen molar-refractivity contribution in [3.8, 4) is 0 Å². The van der Waals surface area contributed by atoms with Crippen molar-refractivity contribution in [1.29, 1.82) is 0 Å². The molecule has 7 nitrogen and oxygen atoms in total. The van der Waals surface area contributed by atoms with Crippen LogP contribution in [0, 0.1) is 6.92 Å².